The molecule has 3 N–H and O–H groups in total. The average Bonchev–Trinajstić information content (AvgIpc) is 2.96. The molecule has 10 heteroatoms. The van der Waals surface area contributed by atoms with Crippen molar-refractivity contribution in [1.29, 1.82) is 0 Å². The van der Waals surface area contributed by atoms with Crippen LogP contribution in [0.15, 0.2) is 75.8 Å². The molecule has 1 saturated heterocycles. The Morgan fingerprint density at radius 1 is 1.14 bits per heavy atom. The summed E-state index contributed by atoms with van der Waals surface area (Å²) >= 11 is 6.27. The Bertz CT molecular complexity index is 1640. The van der Waals surface area contributed by atoms with E-state index in [1.165, 1.54) is 12.1 Å². The minimum absolute atomic E-state index is 0.0686. The number of nitrogens with two attached hydrogens (primary N) is 1. The van der Waals surface area contributed by atoms with Crippen LogP contribution in [0.5, 0.6) is 0 Å². The van der Waals surface area contributed by atoms with Crippen LogP contribution < -0.4 is 11.1 Å². The van der Waals surface area contributed by atoms with Gasteiger partial charge in [0.1, 0.15) is 5.84 Å². The van der Waals surface area contributed by atoms with Crippen molar-refractivity contribution >= 4 is 29.0 Å². The van der Waals surface area contributed by atoms with Crippen LogP contribution in [-0.2, 0) is 12.7 Å². The molecule has 0 bridgehead atoms. The van der Waals surface area contributed by atoms with Crippen molar-refractivity contribution in [3.8, 4) is 11.8 Å². The van der Waals surface area contributed by atoms with E-state index >= 15 is 0 Å². The highest BCUT2D eigenvalue weighted by Crippen LogP contribution is 2.40. The lowest BCUT2D eigenvalue weighted by Gasteiger charge is -2.33. The van der Waals surface area contributed by atoms with E-state index < -0.39 is 17.6 Å². The van der Waals surface area contributed by atoms with Crippen molar-refractivity contribution in [1.82, 2.24) is 9.80 Å². The van der Waals surface area contributed by atoms with Gasteiger partial charge in [-0.1, -0.05) is 48.6 Å². The molecule has 3 aliphatic rings. The molecule has 43 heavy (non-hydrogen) atoms. The number of likely N-dealkylation sites (N-methyl/N-ethyl adjacent to an activating group) is 1. The molecular formula is C33H33ClF3N5O. The summed E-state index contributed by atoms with van der Waals surface area (Å²) in [4.78, 5) is 21.8. The molecule has 1 unspecified atom stereocenters. The lowest BCUT2D eigenvalue weighted by atomic mass is 9.75. The van der Waals surface area contributed by atoms with Gasteiger partial charge in [0.25, 0.3) is 5.91 Å². The third-order valence-electron chi connectivity index (χ3n) is 8.10. The van der Waals surface area contributed by atoms with Gasteiger partial charge in [0, 0.05) is 60.0 Å². The standard InChI is InChI=1S/C33H33ClF3N5O/c1-21-4-5-23(16-22(21)7-9-27-29-17-25(34)10-11-32(29,2)20-39-30(27)38)31(43)40-26-8-6-24(28(18-26)33(35,36)37)19-42-14-12-41(3)13-15-42/h4-6,8,10-11,16-18H,12-15,19-20H2,1-3H3,(H2,38,39)(H,40,43). The minimum atomic E-state index is -4.56. The quantitative estimate of drug-likeness (QED) is 0.436. The van der Waals surface area contributed by atoms with Crippen molar-refractivity contribution in [3.05, 3.63) is 98.6 Å². The number of dihydropyridines is 1. The number of nitrogens with zero attached hydrogens (tertiary/aromatic N) is 3. The van der Waals surface area contributed by atoms with Gasteiger partial charge in [-0.25, -0.2) is 0 Å². The topological polar surface area (TPSA) is 74.0 Å². The largest absolute Gasteiger partial charge is 0.416 e. The number of fused-ring (bicyclic) bond motifs is 1. The van der Waals surface area contributed by atoms with Gasteiger partial charge in [-0.05, 0) is 67.1 Å². The Morgan fingerprint density at radius 2 is 1.88 bits per heavy atom. The zero-order valence-electron chi connectivity index (χ0n) is 24.3. The molecule has 2 heterocycles. The molecule has 2 aromatic carbocycles. The van der Waals surface area contributed by atoms with Gasteiger partial charge in [-0.15, -0.1) is 0 Å². The van der Waals surface area contributed by atoms with Crippen LogP contribution in [0.1, 0.15) is 39.5 Å². The summed E-state index contributed by atoms with van der Waals surface area (Å²) in [5.41, 5.74) is 8.46. The fraction of sp³-hybridized carbons (Fsp3) is 0.333. The molecule has 1 fully saturated rings. The van der Waals surface area contributed by atoms with Gasteiger partial charge in [0.2, 0.25) is 0 Å². The Balaban J connectivity index is 1.38. The highest BCUT2D eigenvalue weighted by atomic mass is 35.5. The summed E-state index contributed by atoms with van der Waals surface area (Å²) in [7, 11) is 2.00. The van der Waals surface area contributed by atoms with E-state index in [1.54, 1.807) is 18.2 Å². The van der Waals surface area contributed by atoms with Crippen molar-refractivity contribution in [2.45, 2.75) is 26.6 Å². The number of alkyl halides is 3. The van der Waals surface area contributed by atoms with E-state index in [0.29, 0.717) is 41.6 Å². The second-order valence-electron chi connectivity index (χ2n) is 11.5. The van der Waals surface area contributed by atoms with Gasteiger partial charge in [-0.3, -0.25) is 14.7 Å². The summed E-state index contributed by atoms with van der Waals surface area (Å²) < 4.78 is 42.1. The van der Waals surface area contributed by atoms with E-state index in [4.69, 9.17) is 17.3 Å². The summed E-state index contributed by atoms with van der Waals surface area (Å²) in [5.74, 6) is 6.02. The zero-order valence-corrected chi connectivity index (χ0v) is 25.0. The first-order valence-electron chi connectivity index (χ1n) is 14.0. The van der Waals surface area contributed by atoms with Crippen LogP contribution in [0.3, 0.4) is 0 Å². The predicted octanol–water partition coefficient (Wildman–Crippen LogP) is 5.73. The second-order valence-corrected chi connectivity index (χ2v) is 11.9. The Kier molecular flexibility index (Phi) is 8.57. The molecule has 2 aromatic rings. The predicted molar refractivity (Wildman–Crippen MR) is 165 cm³/mol. The van der Waals surface area contributed by atoms with Gasteiger partial charge in [0.15, 0.2) is 0 Å². The number of aryl methyl sites for hydroxylation is 1. The molecule has 6 nitrogen and oxygen atoms in total. The van der Waals surface area contributed by atoms with E-state index in [-0.39, 0.29) is 28.8 Å². The summed E-state index contributed by atoms with van der Waals surface area (Å²) in [5, 5.41) is 3.19. The Labute approximate surface area is 254 Å². The molecule has 0 saturated carbocycles. The normalized spacial score (nSPS) is 21.0. The first-order valence-corrected chi connectivity index (χ1v) is 14.4. The first kappa shape index (κ1) is 30.6. The number of benzene rings is 2. The number of carbonyl (C=O) groups is 1. The zero-order chi connectivity index (χ0) is 30.9. The van der Waals surface area contributed by atoms with Crippen molar-refractivity contribution in [2.24, 2.45) is 16.1 Å². The van der Waals surface area contributed by atoms with Crippen LogP contribution >= 0.6 is 11.6 Å². The number of nitrogens with one attached hydrogen (secondary N) is 1. The van der Waals surface area contributed by atoms with E-state index in [9.17, 15) is 18.0 Å². The monoisotopic (exact) mass is 607 g/mol. The van der Waals surface area contributed by atoms with E-state index in [0.717, 1.165) is 30.3 Å². The van der Waals surface area contributed by atoms with Crippen molar-refractivity contribution in [2.75, 3.05) is 45.1 Å². The smallest absolute Gasteiger partial charge is 0.383 e. The van der Waals surface area contributed by atoms with Crippen LogP contribution in [0.4, 0.5) is 18.9 Å². The minimum Gasteiger partial charge on any atom is -0.383 e. The number of rotatable bonds is 4. The summed E-state index contributed by atoms with van der Waals surface area (Å²) in [6.45, 7) is 7.59. The van der Waals surface area contributed by atoms with Crippen LogP contribution in [-0.4, -0.2) is 61.3 Å². The number of anilines is 1. The molecule has 5 rings (SSSR count). The number of piperazine rings is 1. The Morgan fingerprint density at radius 3 is 2.60 bits per heavy atom. The molecular weight excluding hydrogens is 575 g/mol. The lowest BCUT2D eigenvalue weighted by Crippen LogP contribution is -2.44. The fourth-order valence-electron chi connectivity index (χ4n) is 5.33. The molecule has 1 aliphatic carbocycles. The van der Waals surface area contributed by atoms with Gasteiger partial charge >= 0.3 is 6.18 Å². The second kappa shape index (κ2) is 12.0. The van der Waals surface area contributed by atoms with Gasteiger partial charge < -0.3 is 16.0 Å². The number of aliphatic imine (C=N–C) groups is 1. The molecule has 224 valence electrons. The van der Waals surface area contributed by atoms with Crippen molar-refractivity contribution < 1.29 is 18.0 Å². The van der Waals surface area contributed by atoms with E-state index in [2.05, 4.69) is 27.0 Å². The average molecular weight is 608 g/mol. The van der Waals surface area contributed by atoms with Crippen molar-refractivity contribution in [3.63, 3.8) is 0 Å². The molecule has 2 aliphatic heterocycles. The number of amides is 1. The maximum Gasteiger partial charge on any atom is 0.416 e. The lowest BCUT2D eigenvalue weighted by molar-refractivity contribution is -0.138. The first-order chi connectivity index (χ1) is 20.3. The van der Waals surface area contributed by atoms with Crippen LogP contribution in [0, 0.1) is 24.2 Å². The summed E-state index contributed by atoms with van der Waals surface area (Å²) in [6, 6.07) is 8.95. The van der Waals surface area contributed by atoms with E-state index in [1.807, 2.05) is 44.0 Å². The highest BCUT2D eigenvalue weighted by Gasteiger charge is 2.35. The maximum atomic E-state index is 14.0. The number of hydrogen-bond donors (Lipinski definition) is 2. The van der Waals surface area contributed by atoms with Crippen LogP contribution in [0.25, 0.3) is 0 Å². The number of hydrogen-bond acceptors (Lipinski definition) is 5. The number of carbonyl (C=O) groups excluding carboxylic acids is 1. The maximum absolute atomic E-state index is 14.0. The number of amidine groups is 1. The third-order valence-corrected chi connectivity index (χ3v) is 8.33. The molecule has 0 spiro atoms. The van der Waals surface area contributed by atoms with Gasteiger partial charge in [-0.2, -0.15) is 13.2 Å². The van der Waals surface area contributed by atoms with Crippen LogP contribution in [0.2, 0.25) is 0 Å². The van der Waals surface area contributed by atoms with Gasteiger partial charge in [0.05, 0.1) is 17.7 Å². The highest BCUT2D eigenvalue weighted by molar-refractivity contribution is 6.31. The Hall–Kier alpha value is -3.84. The number of allylic oxidation sites excluding steroid dienone is 3. The molecule has 0 aromatic heterocycles. The SMILES string of the molecule is Cc1ccc(C(=O)Nc2ccc(CN3CCN(C)CC3)c(C(F)(F)F)c2)cc1C#CC1=C2C=C(Cl)C=CC2(C)CN=C1N. The summed E-state index contributed by atoms with van der Waals surface area (Å²) in [6.07, 6.45) is 1.11. The number of halogens is 4. The molecule has 1 atom stereocenters. The third kappa shape index (κ3) is 6.88. The molecule has 1 amide bonds. The molecule has 0 radical (unpaired) electrons. The fourth-order valence-corrected chi connectivity index (χ4v) is 5.50.